The SMILES string of the molecule is CNC(=O)CNC(C)c1nncn1C. The molecule has 14 heavy (non-hydrogen) atoms. The molecule has 0 spiro atoms. The summed E-state index contributed by atoms with van der Waals surface area (Å²) in [7, 11) is 3.48. The van der Waals surface area contributed by atoms with Gasteiger partial charge in [0.15, 0.2) is 0 Å². The summed E-state index contributed by atoms with van der Waals surface area (Å²) >= 11 is 0. The minimum Gasteiger partial charge on any atom is -0.358 e. The lowest BCUT2D eigenvalue weighted by atomic mass is 10.3. The van der Waals surface area contributed by atoms with Crippen LogP contribution in [-0.4, -0.2) is 34.3 Å². The van der Waals surface area contributed by atoms with Gasteiger partial charge in [-0.15, -0.1) is 10.2 Å². The van der Waals surface area contributed by atoms with Crippen molar-refractivity contribution in [2.45, 2.75) is 13.0 Å². The molecule has 0 saturated heterocycles. The van der Waals surface area contributed by atoms with Crippen molar-refractivity contribution in [1.29, 1.82) is 0 Å². The van der Waals surface area contributed by atoms with Crippen molar-refractivity contribution in [3.63, 3.8) is 0 Å². The lowest BCUT2D eigenvalue weighted by Gasteiger charge is -2.11. The van der Waals surface area contributed by atoms with E-state index < -0.39 is 0 Å². The Morgan fingerprint density at radius 3 is 2.93 bits per heavy atom. The maximum Gasteiger partial charge on any atom is 0.233 e. The van der Waals surface area contributed by atoms with Crippen LogP contribution in [0.15, 0.2) is 6.33 Å². The first-order valence-corrected chi connectivity index (χ1v) is 4.43. The smallest absolute Gasteiger partial charge is 0.233 e. The van der Waals surface area contributed by atoms with Gasteiger partial charge in [-0.2, -0.15) is 0 Å². The van der Waals surface area contributed by atoms with Crippen LogP contribution in [0.4, 0.5) is 0 Å². The van der Waals surface area contributed by atoms with E-state index in [1.165, 1.54) is 0 Å². The number of nitrogens with zero attached hydrogens (tertiary/aromatic N) is 3. The van der Waals surface area contributed by atoms with E-state index in [-0.39, 0.29) is 18.5 Å². The third kappa shape index (κ3) is 2.53. The zero-order valence-electron chi connectivity index (χ0n) is 8.61. The van der Waals surface area contributed by atoms with E-state index in [1.807, 2.05) is 18.5 Å². The van der Waals surface area contributed by atoms with Gasteiger partial charge >= 0.3 is 0 Å². The largest absolute Gasteiger partial charge is 0.358 e. The Labute approximate surface area is 82.7 Å². The molecule has 78 valence electrons. The third-order valence-corrected chi connectivity index (χ3v) is 1.98. The van der Waals surface area contributed by atoms with E-state index in [0.29, 0.717) is 0 Å². The van der Waals surface area contributed by atoms with E-state index in [2.05, 4.69) is 20.8 Å². The van der Waals surface area contributed by atoms with Crippen molar-refractivity contribution in [3.8, 4) is 0 Å². The molecule has 1 aromatic heterocycles. The number of hydrogen-bond donors (Lipinski definition) is 2. The van der Waals surface area contributed by atoms with Gasteiger partial charge in [0.05, 0.1) is 12.6 Å². The van der Waals surface area contributed by atoms with Crippen LogP contribution in [0, 0.1) is 0 Å². The number of likely N-dealkylation sites (N-methyl/N-ethyl adjacent to an activating group) is 1. The average Bonchev–Trinajstić information content (AvgIpc) is 2.60. The van der Waals surface area contributed by atoms with Crippen molar-refractivity contribution in [2.75, 3.05) is 13.6 Å². The molecule has 0 aliphatic heterocycles. The van der Waals surface area contributed by atoms with Crippen LogP contribution >= 0.6 is 0 Å². The fourth-order valence-corrected chi connectivity index (χ4v) is 1.11. The topological polar surface area (TPSA) is 71.8 Å². The van der Waals surface area contributed by atoms with Crippen LogP contribution in [0.2, 0.25) is 0 Å². The predicted molar refractivity (Wildman–Crippen MR) is 51.5 cm³/mol. The molecule has 1 unspecified atom stereocenters. The zero-order chi connectivity index (χ0) is 10.6. The Balaban J connectivity index is 2.47. The van der Waals surface area contributed by atoms with Gasteiger partial charge < -0.3 is 9.88 Å². The van der Waals surface area contributed by atoms with Crippen molar-refractivity contribution in [2.24, 2.45) is 7.05 Å². The van der Waals surface area contributed by atoms with Gasteiger partial charge in [0, 0.05) is 14.1 Å². The molecule has 0 aromatic carbocycles. The standard InChI is InChI=1S/C8H15N5O/c1-6(10-4-7(14)9-2)8-12-11-5-13(8)3/h5-6,10H,4H2,1-3H3,(H,9,14). The predicted octanol–water partition coefficient (Wildman–Crippen LogP) is -0.788. The zero-order valence-corrected chi connectivity index (χ0v) is 8.61. The molecule has 6 heteroatoms. The molecule has 1 heterocycles. The molecule has 0 saturated carbocycles. The highest BCUT2D eigenvalue weighted by molar-refractivity contribution is 5.77. The molecule has 6 nitrogen and oxygen atoms in total. The molecular formula is C8H15N5O. The molecule has 1 aromatic rings. The number of hydrogen-bond acceptors (Lipinski definition) is 4. The summed E-state index contributed by atoms with van der Waals surface area (Å²) in [5.74, 6) is 0.771. The van der Waals surface area contributed by atoms with Crippen molar-refractivity contribution >= 4 is 5.91 Å². The van der Waals surface area contributed by atoms with Crippen LogP contribution in [0.5, 0.6) is 0 Å². The van der Waals surface area contributed by atoms with Gasteiger partial charge in [-0.25, -0.2) is 0 Å². The lowest BCUT2D eigenvalue weighted by Crippen LogP contribution is -2.33. The van der Waals surface area contributed by atoms with Crippen LogP contribution in [0.25, 0.3) is 0 Å². The van der Waals surface area contributed by atoms with Gasteiger partial charge in [-0.3, -0.25) is 10.1 Å². The number of carbonyl (C=O) groups is 1. The molecule has 2 N–H and O–H groups in total. The van der Waals surface area contributed by atoms with E-state index >= 15 is 0 Å². The Morgan fingerprint density at radius 2 is 2.43 bits per heavy atom. The molecule has 0 aliphatic rings. The average molecular weight is 197 g/mol. The van der Waals surface area contributed by atoms with Gasteiger partial charge in [-0.1, -0.05) is 0 Å². The van der Waals surface area contributed by atoms with Gasteiger partial charge in [0.2, 0.25) is 5.91 Å². The summed E-state index contributed by atoms with van der Waals surface area (Å²) in [6.45, 7) is 2.22. The van der Waals surface area contributed by atoms with Crippen molar-refractivity contribution in [3.05, 3.63) is 12.2 Å². The summed E-state index contributed by atoms with van der Waals surface area (Å²) in [5.41, 5.74) is 0. The lowest BCUT2D eigenvalue weighted by molar-refractivity contribution is -0.119. The Morgan fingerprint density at radius 1 is 1.71 bits per heavy atom. The summed E-state index contributed by atoms with van der Waals surface area (Å²) in [6, 6.07) is 0.0137. The minimum atomic E-state index is -0.0426. The second-order valence-electron chi connectivity index (χ2n) is 3.08. The summed E-state index contributed by atoms with van der Waals surface area (Å²) in [6.07, 6.45) is 1.63. The molecule has 0 radical (unpaired) electrons. The highest BCUT2D eigenvalue weighted by Gasteiger charge is 2.11. The fourth-order valence-electron chi connectivity index (χ4n) is 1.11. The first-order valence-electron chi connectivity index (χ1n) is 4.43. The summed E-state index contributed by atoms with van der Waals surface area (Å²) < 4.78 is 1.82. The molecule has 0 bridgehead atoms. The number of rotatable bonds is 4. The number of carbonyl (C=O) groups excluding carboxylic acids is 1. The number of amides is 1. The summed E-state index contributed by atoms with van der Waals surface area (Å²) in [4.78, 5) is 11.0. The van der Waals surface area contributed by atoms with E-state index in [1.54, 1.807) is 13.4 Å². The maximum absolute atomic E-state index is 11.0. The molecule has 1 rings (SSSR count). The van der Waals surface area contributed by atoms with Crippen LogP contribution in [0.3, 0.4) is 0 Å². The van der Waals surface area contributed by atoms with E-state index in [9.17, 15) is 4.79 Å². The summed E-state index contributed by atoms with van der Waals surface area (Å²) in [5, 5.41) is 13.3. The number of aryl methyl sites for hydroxylation is 1. The Hall–Kier alpha value is -1.43. The Bertz CT molecular complexity index is 308. The molecule has 1 atom stereocenters. The fraction of sp³-hybridized carbons (Fsp3) is 0.625. The van der Waals surface area contributed by atoms with Crippen molar-refractivity contribution < 1.29 is 4.79 Å². The van der Waals surface area contributed by atoms with Gasteiger partial charge in [-0.05, 0) is 6.92 Å². The molecule has 0 fully saturated rings. The number of nitrogens with one attached hydrogen (secondary N) is 2. The normalized spacial score (nSPS) is 12.5. The van der Waals surface area contributed by atoms with E-state index in [4.69, 9.17) is 0 Å². The molecular weight excluding hydrogens is 182 g/mol. The Kier molecular flexibility index (Phi) is 3.58. The highest BCUT2D eigenvalue weighted by Crippen LogP contribution is 2.05. The minimum absolute atomic E-state index is 0.0137. The van der Waals surface area contributed by atoms with Crippen LogP contribution in [0.1, 0.15) is 18.8 Å². The monoisotopic (exact) mass is 197 g/mol. The highest BCUT2D eigenvalue weighted by atomic mass is 16.1. The van der Waals surface area contributed by atoms with Gasteiger partial charge in [0.1, 0.15) is 12.2 Å². The molecule has 0 aliphatic carbocycles. The number of aromatic nitrogens is 3. The second kappa shape index (κ2) is 4.71. The quantitative estimate of drug-likeness (QED) is 0.663. The first-order chi connectivity index (χ1) is 6.65. The first kappa shape index (κ1) is 10.6. The van der Waals surface area contributed by atoms with Crippen LogP contribution in [-0.2, 0) is 11.8 Å². The van der Waals surface area contributed by atoms with E-state index in [0.717, 1.165) is 5.82 Å². The maximum atomic E-state index is 11.0. The molecule has 1 amide bonds. The van der Waals surface area contributed by atoms with Crippen molar-refractivity contribution in [1.82, 2.24) is 25.4 Å². The second-order valence-corrected chi connectivity index (χ2v) is 3.08. The van der Waals surface area contributed by atoms with Crippen LogP contribution < -0.4 is 10.6 Å². The van der Waals surface area contributed by atoms with Gasteiger partial charge in [0.25, 0.3) is 0 Å². The third-order valence-electron chi connectivity index (χ3n) is 1.98.